The number of halogens is 1. The molecule has 0 spiro atoms. The van der Waals surface area contributed by atoms with Crippen molar-refractivity contribution in [2.45, 2.75) is 25.1 Å². The van der Waals surface area contributed by atoms with E-state index >= 15 is 0 Å². The lowest BCUT2D eigenvalue weighted by Crippen LogP contribution is -2.57. The maximum atomic E-state index is 14.4. The van der Waals surface area contributed by atoms with Gasteiger partial charge in [0, 0.05) is 43.8 Å². The fraction of sp³-hybridized carbons (Fsp3) is 0.308. The lowest BCUT2D eigenvalue weighted by molar-refractivity contribution is -0.123. The SMILES string of the molecule is COc1ccc2cc1OCC(=O)NCc1cc(F)cc(c1)O[C@@H]1CCN(c3cc(N)ncn3)C[C@@H]1NC2=O. The summed E-state index contributed by atoms with van der Waals surface area (Å²) in [5.41, 5.74) is 6.68. The molecule has 2 amide bonds. The first kappa shape index (κ1) is 25.1. The number of piperidine rings is 1. The van der Waals surface area contributed by atoms with Gasteiger partial charge in [-0.05, 0) is 35.9 Å². The smallest absolute Gasteiger partial charge is 0.258 e. The highest BCUT2D eigenvalue weighted by Gasteiger charge is 2.33. The van der Waals surface area contributed by atoms with Crippen molar-refractivity contribution in [3.63, 3.8) is 0 Å². The first-order valence-corrected chi connectivity index (χ1v) is 12.0. The molecule has 0 aliphatic carbocycles. The van der Waals surface area contributed by atoms with E-state index < -0.39 is 23.9 Å². The van der Waals surface area contributed by atoms with E-state index in [2.05, 4.69) is 20.6 Å². The van der Waals surface area contributed by atoms with Crippen molar-refractivity contribution in [2.75, 3.05) is 37.4 Å². The van der Waals surface area contributed by atoms with Crippen molar-refractivity contribution >= 4 is 23.5 Å². The maximum absolute atomic E-state index is 14.4. The van der Waals surface area contributed by atoms with Gasteiger partial charge in [-0.1, -0.05) is 0 Å². The van der Waals surface area contributed by atoms with Gasteiger partial charge in [0.05, 0.1) is 13.2 Å². The molecule has 0 saturated carbocycles. The van der Waals surface area contributed by atoms with Crippen molar-refractivity contribution in [1.82, 2.24) is 20.6 Å². The largest absolute Gasteiger partial charge is 0.493 e. The highest BCUT2D eigenvalue weighted by atomic mass is 19.1. The number of rotatable bonds is 2. The molecule has 5 rings (SSSR count). The zero-order valence-corrected chi connectivity index (χ0v) is 20.6. The minimum Gasteiger partial charge on any atom is -0.493 e. The first-order valence-electron chi connectivity index (χ1n) is 12.0. The van der Waals surface area contributed by atoms with Gasteiger partial charge in [-0.25, -0.2) is 14.4 Å². The Morgan fingerprint density at radius 1 is 1.16 bits per heavy atom. The predicted molar refractivity (Wildman–Crippen MR) is 136 cm³/mol. The van der Waals surface area contributed by atoms with E-state index in [4.69, 9.17) is 19.9 Å². The third kappa shape index (κ3) is 5.69. The molecule has 38 heavy (non-hydrogen) atoms. The summed E-state index contributed by atoms with van der Waals surface area (Å²) in [6, 6.07) is 10.2. The van der Waals surface area contributed by atoms with Crippen molar-refractivity contribution in [3.05, 3.63) is 65.7 Å². The summed E-state index contributed by atoms with van der Waals surface area (Å²) in [6.07, 6.45) is 1.42. The third-order valence-corrected chi connectivity index (χ3v) is 6.36. The highest BCUT2D eigenvalue weighted by Crippen LogP contribution is 2.29. The number of carbonyl (C=O) groups is 2. The zero-order valence-electron chi connectivity index (χ0n) is 20.6. The Balaban J connectivity index is 1.49. The van der Waals surface area contributed by atoms with Crippen LogP contribution in [0.25, 0.3) is 0 Å². The summed E-state index contributed by atoms with van der Waals surface area (Å²) in [7, 11) is 1.47. The summed E-state index contributed by atoms with van der Waals surface area (Å²) in [6.45, 7) is 0.694. The number of carbonyl (C=O) groups excluding carboxylic acids is 2. The number of hydrogen-bond donors (Lipinski definition) is 3. The molecule has 1 fully saturated rings. The number of nitrogen functional groups attached to an aromatic ring is 1. The van der Waals surface area contributed by atoms with Gasteiger partial charge in [-0.2, -0.15) is 0 Å². The van der Waals surface area contributed by atoms with Gasteiger partial charge < -0.3 is 35.5 Å². The number of nitrogens with two attached hydrogens (primary N) is 1. The Morgan fingerprint density at radius 2 is 2.03 bits per heavy atom. The molecule has 12 heteroatoms. The number of anilines is 2. The molecule has 2 aromatic carbocycles. The summed E-state index contributed by atoms with van der Waals surface area (Å²) < 4.78 is 31.6. The van der Waals surface area contributed by atoms with E-state index in [9.17, 15) is 14.0 Å². The second-order valence-electron chi connectivity index (χ2n) is 9.00. The van der Waals surface area contributed by atoms with Gasteiger partial charge in [0.2, 0.25) is 0 Å². The van der Waals surface area contributed by atoms with E-state index in [0.717, 1.165) is 0 Å². The molecule has 4 N–H and O–H groups in total. The standard InChI is InChI=1S/C26H27FN6O5/c1-36-21-3-2-16-8-22(21)37-13-25(34)29-11-15-6-17(27)9-18(7-15)38-20-4-5-33(12-19(20)32-26(16)35)24-10-23(28)30-14-31-24/h2-3,6-10,14,19-20H,4-5,11-13H2,1H3,(H,29,34)(H,32,35)(H2,28,30,31)/t19-,20+/m0/s1. The van der Waals surface area contributed by atoms with E-state index in [1.807, 2.05) is 4.90 Å². The van der Waals surface area contributed by atoms with Gasteiger partial charge in [0.1, 0.15) is 35.6 Å². The van der Waals surface area contributed by atoms with Crippen molar-refractivity contribution in [1.29, 1.82) is 0 Å². The van der Waals surface area contributed by atoms with Crippen LogP contribution < -0.4 is 35.5 Å². The van der Waals surface area contributed by atoms with Crippen LogP contribution in [0.5, 0.6) is 17.2 Å². The molecule has 1 saturated heterocycles. The Morgan fingerprint density at radius 3 is 2.84 bits per heavy atom. The van der Waals surface area contributed by atoms with Crippen LogP contribution in [0.15, 0.2) is 48.8 Å². The fourth-order valence-electron chi connectivity index (χ4n) is 4.50. The molecular weight excluding hydrogens is 495 g/mol. The average molecular weight is 523 g/mol. The number of methoxy groups -OCH3 is 1. The molecule has 3 heterocycles. The molecule has 2 aliphatic rings. The molecule has 0 radical (unpaired) electrons. The summed E-state index contributed by atoms with van der Waals surface area (Å²) >= 11 is 0. The third-order valence-electron chi connectivity index (χ3n) is 6.36. The quantitative estimate of drug-likeness (QED) is 0.458. The number of benzene rings is 2. The molecule has 1 aromatic heterocycles. The topological polar surface area (TPSA) is 141 Å². The Hall–Kier alpha value is -4.61. The number of amides is 2. The lowest BCUT2D eigenvalue weighted by Gasteiger charge is -2.39. The number of fused-ring (bicyclic) bond motifs is 5. The van der Waals surface area contributed by atoms with E-state index in [0.29, 0.717) is 53.8 Å². The van der Waals surface area contributed by atoms with Crippen molar-refractivity contribution < 1.29 is 28.2 Å². The molecule has 4 bridgehead atoms. The van der Waals surface area contributed by atoms with Gasteiger partial charge in [0.25, 0.3) is 11.8 Å². The fourth-order valence-corrected chi connectivity index (χ4v) is 4.50. The van der Waals surface area contributed by atoms with Crippen LogP contribution in [0.4, 0.5) is 16.0 Å². The molecule has 0 unspecified atom stereocenters. The molecule has 198 valence electrons. The molecular formula is C26H27FN6O5. The Bertz CT molecular complexity index is 1360. The Kier molecular flexibility index (Phi) is 7.11. The van der Waals surface area contributed by atoms with Crippen LogP contribution in [-0.2, 0) is 11.3 Å². The highest BCUT2D eigenvalue weighted by molar-refractivity contribution is 5.95. The molecule has 11 nitrogen and oxygen atoms in total. The zero-order chi connectivity index (χ0) is 26.6. The summed E-state index contributed by atoms with van der Waals surface area (Å²) in [5.74, 6) is 0.574. The van der Waals surface area contributed by atoms with Crippen molar-refractivity contribution in [3.8, 4) is 17.2 Å². The van der Waals surface area contributed by atoms with E-state index in [1.165, 1.54) is 31.6 Å². The van der Waals surface area contributed by atoms with Crippen molar-refractivity contribution in [2.24, 2.45) is 0 Å². The van der Waals surface area contributed by atoms with Crippen LogP contribution in [0.2, 0.25) is 0 Å². The van der Waals surface area contributed by atoms with Gasteiger partial charge >= 0.3 is 0 Å². The second-order valence-corrected chi connectivity index (χ2v) is 9.00. The average Bonchev–Trinajstić information content (AvgIpc) is 2.90. The lowest BCUT2D eigenvalue weighted by atomic mass is 10.0. The minimum absolute atomic E-state index is 0.0846. The first-order chi connectivity index (χ1) is 18.4. The monoisotopic (exact) mass is 522 g/mol. The van der Waals surface area contributed by atoms with Gasteiger partial charge in [-0.3, -0.25) is 9.59 Å². The van der Waals surface area contributed by atoms with Crippen LogP contribution in [-0.4, -0.2) is 60.7 Å². The van der Waals surface area contributed by atoms with Crippen LogP contribution >= 0.6 is 0 Å². The Labute approximate surface area is 218 Å². The number of hydrogen-bond acceptors (Lipinski definition) is 9. The maximum Gasteiger partial charge on any atom is 0.258 e. The minimum atomic E-state index is -0.502. The summed E-state index contributed by atoms with van der Waals surface area (Å²) in [4.78, 5) is 36.0. The van der Waals surface area contributed by atoms with E-state index in [1.54, 1.807) is 24.3 Å². The molecule has 2 aliphatic heterocycles. The van der Waals surface area contributed by atoms with Gasteiger partial charge in [-0.15, -0.1) is 0 Å². The summed E-state index contributed by atoms with van der Waals surface area (Å²) in [5, 5.41) is 5.75. The predicted octanol–water partition coefficient (Wildman–Crippen LogP) is 1.67. The number of ether oxygens (including phenoxy) is 3. The van der Waals surface area contributed by atoms with Crippen LogP contribution in [0.3, 0.4) is 0 Å². The number of nitrogens with zero attached hydrogens (tertiary/aromatic N) is 3. The second kappa shape index (κ2) is 10.8. The number of nitrogens with one attached hydrogen (secondary N) is 2. The number of aromatic nitrogens is 2. The normalized spacial score (nSPS) is 19.8. The van der Waals surface area contributed by atoms with E-state index in [-0.39, 0.29) is 24.8 Å². The van der Waals surface area contributed by atoms with Crippen LogP contribution in [0, 0.1) is 5.82 Å². The van der Waals surface area contributed by atoms with Gasteiger partial charge in [0.15, 0.2) is 18.1 Å². The molecule has 2 atom stereocenters. The molecule has 3 aromatic rings. The van der Waals surface area contributed by atoms with Crippen LogP contribution in [0.1, 0.15) is 22.3 Å².